The summed E-state index contributed by atoms with van der Waals surface area (Å²) in [5.41, 5.74) is -0.0673. The van der Waals surface area contributed by atoms with Gasteiger partial charge in [0.25, 0.3) is 5.91 Å². The smallest absolute Gasteiger partial charge is 0.253 e. The molecule has 28 heavy (non-hydrogen) atoms. The number of carbonyl (C=O) groups is 2. The zero-order chi connectivity index (χ0) is 20.9. The van der Waals surface area contributed by atoms with Crippen molar-refractivity contribution in [2.24, 2.45) is 0 Å². The molecule has 1 aromatic heterocycles. The molecule has 2 aromatic rings. The number of carbonyl (C=O) groups excluding carboxylic acids is 2. The maximum Gasteiger partial charge on any atom is 0.253 e. The number of hydrogen-bond acceptors (Lipinski definition) is 6. The molecule has 0 atom stereocenters. The highest BCUT2D eigenvalue weighted by Gasteiger charge is 2.31. The zero-order valence-electron chi connectivity index (χ0n) is 17.0. The van der Waals surface area contributed by atoms with Gasteiger partial charge in [0, 0.05) is 19.2 Å². The summed E-state index contributed by atoms with van der Waals surface area (Å²) in [5.74, 6) is 1.59. The molecular weight excluding hydrogens is 360 g/mol. The molecule has 1 heterocycles. The van der Waals surface area contributed by atoms with Crippen LogP contribution >= 0.6 is 0 Å². The van der Waals surface area contributed by atoms with E-state index in [1.54, 1.807) is 33.0 Å². The van der Waals surface area contributed by atoms with Gasteiger partial charge in [-0.1, -0.05) is 6.07 Å². The predicted octanol–water partition coefficient (Wildman–Crippen LogP) is 2.85. The summed E-state index contributed by atoms with van der Waals surface area (Å²) in [7, 11) is 1.57. The van der Waals surface area contributed by atoms with E-state index in [-0.39, 0.29) is 17.9 Å². The van der Waals surface area contributed by atoms with E-state index in [1.807, 2.05) is 32.9 Å². The third-order valence-electron chi connectivity index (χ3n) is 3.97. The second-order valence-corrected chi connectivity index (χ2v) is 7.16. The van der Waals surface area contributed by atoms with Crippen LogP contribution in [0.3, 0.4) is 0 Å². The first-order chi connectivity index (χ1) is 13.1. The number of aromatic nitrogens is 2. The van der Waals surface area contributed by atoms with Gasteiger partial charge in [-0.3, -0.25) is 14.5 Å². The van der Waals surface area contributed by atoms with Crippen molar-refractivity contribution >= 4 is 18.1 Å². The van der Waals surface area contributed by atoms with Crippen molar-refractivity contribution in [2.45, 2.75) is 46.3 Å². The molecule has 0 fully saturated rings. The fourth-order valence-corrected chi connectivity index (χ4v) is 2.45. The number of hydrogen-bond donors (Lipinski definition) is 1. The lowest BCUT2D eigenvalue weighted by Crippen LogP contribution is -2.53. The molecule has 0 radical (unpaired) electrons. The third kappa shape index (κ3) is 5.18. The van der Waals surface area contributed by atoms with Crippen LogP contribution in [0.2, 0.25) is 0 Å². The normalized spacial score (nSPS) is 11.1. The molecule has 1 aromatic carbocycles. The highest BCUT2D eigenvalue weighted by Crippen LogP contribution is 2.29. The number of amides is 2. The van der Waals surface area contributed by atoms with Crippen LogP contribution in [0.4, 0.5) is 5.82 Å². The standard InChI is InChI=1S/C20H26N4O4/c1-13(2)27-16-9-15(8-7-14(16)3)28-18-10-17(21-11-22-18)24(6)19(26)20(4,5)23-12-25/h7-13H,1-6H3,(H,23,25). The summed E-state index contributed by atoms with van der Waals surface area (Å²) < 4.78 is 11.6. The number of aryl methyl sites for hydroxylation is 1. The van der Waals surface area contributed by atoms with Crippen LogP contribution in [-0.4, -0.2) is 41.0 Å². The van der Waals surface area contributed by atoms with Gasteiger partial charge < -0.3 is 14.8 Å². The second-order valence-electron chi connectivity index (χ2n) is 7.16. The first-order valence-electron chi connectivity index (χ1n) is 8.90. The van der Waals surface area contributed by atoms with Crippen LogP contribution < -0.4 is 19.7 Å². The lowest BCUT2D eigenvalue weighted by Gasteiger charge is -2.28. The summed E-state index contributed by atoms with van der Waals surface area (Å²) in [6.45, 7) is 9.09. The van der Waals surface area contributed by atoms with Crippen LogP contribution in [0.5, 0.6) is 17.4 Å². The Morgan fingerprint density at radius 2 is 1.96 bits per heavy atom. The van der Waals surface area contributed by atoms with Crippen molar-refractivity contribution in [3.63, 3.8) is 0 Å². The van der Waals surface area contributed by atoms with Gasteiger partial charge in [-0.05, 0) is 46.2 Å². The van der Waals surface area contributed by atoms with Gasteiger partial charge in [0.1, 0.15) is 29.2 Å². The number of rotatable bonds is 8. The minimum atomic E-state index is -1.07. The lowest BCUT2D eigenvalue weighted by molar-refractivity contribution is -0.126. The summed E-state index contributed by atoms with van der Waals surface area (Å²) in [5, 5.41) is 2.49. The SMILES string of the molecule is Cc1ccc(Oc2cc(N(C)C(=O)C(C)(C)NC=O)ncn2)cc1OC(C)C. The molecule has 0 bridgehead atoms. The molecule has 0 aliphatic rings. The van der Waals surface area contributed by atoms with Gasteiger partial charge in [-0.15, -0.1) is 0 Å². The van der Waals surface area contributed by atoms with Crippen LogP contribution in [0.15, 0.2) is 30.6 Å². The quantitative estimate of drug-likeness (QED) is 0.701. The van der Waals surface area contributed by atoms with E-state index in [1.165, 1.54) is 11.2 Å². The van der Waals surface area contributed by atoms with Crippen molar-refractivity contribution in [1.29, 1.82) is 0 Å². The largest absolute Gasteiger partial charge is 0.491 e. The van der Waals surface area contributed by atoms with E-state index in [0.717, 1.165) is 11.3 Å². The molecule has 0 saturated carbocycles. The maximum absolute atomic E-state index is 12.6. The summed E-state index contributed by atoms with van der Waals surface area (Å²) in [6, 6.07) is 7.06. The molecule has 0 saturated heterocycles. The van der Waals surface area contributed by atoms with Crippen LogP contribution in [0.25, 0.3) is 0 Å². The Kier molecular flexibility index (Phi) is 6.56. The fraction of sp³-hybridized carbons (Fsp3) is 0.400. The number of nitrogens with one attached hydrogen (secondary N) is 1. The highest BCUT2D eigenvalue weighted by atomic mass is 16.5. The maximum atomic E-state index is 12.6. The van der Waals surface area contributed by atoms with E-state index >= 15 is 0 Å². The fourth-order valence-electron chi connectivity index (χ4n) is 2.45. The van der Waals surface area contributed by atoms with Crippen molar-refractivity contribution in [2.75, 3.05) is 11.9 Å². The molecule has 2 rings (SSSR count). The molecule has 8 nitrogen and oxygen atoms in total. The number of ether oxygens (including phenoxy) is 2. The molecule has 2 amide bonds. The van der Waals surface area contributed by atoms with Crippen LogP contribution in [-0.2, 0) is 9.59 Å². The summed E-state index contributed by atoms with van der Waals surface area (Å²) in [6.07, 6.45) is 1.85. The van der Waals surface area contributed by atoms with Gasteiger partial charge in [-0.25, -0.2) is 9.97 Å². The number of nitrogens with zero attached hydrogens (tertiary/aromatic N) is 3. The number of benzene rings is 1. The second kappa shape index (κ2) is 8.69. The molecule has 150 valence electrons. The van der Waals surface area contributed by atoms with Crippen LogP contribution in [0, 0.1) is 6.92 Å². The molecule has 0 aliphatic carbocycles. The van der Waals surface area contributed by atoms with Gasteiger partial charge in [-0.2, -0.15) is 0 Å². The first kappa shape index (κ1) is 21.1. The van der Waals surface area contributed by atoms with Crippen molar-refractivity contribution < 1.29 is 19.1 Å². The molecule has 0 aliphatic heterocycles. The monoisotopic (exact) mass is 386 g/mol. The van der Waals surface area contributed by atoms with E-state index in [4.69, 9.17) is 9.47 Å². The van der Waals surface area contributed by atoms with Gasteiger partial charge >= 0.3 is 0 Å². The highest BCUT2D eigenvalue weighted by molar-refractivity contribution is 5.99. The molecule has 1 N–H and O–H groups in total. The zero-order valence-corrected chi connectivity index (χ0v) is 17.0. The Labute approximate surface area is 164 Å². The van der Waals surface area contributed by atoms with Crippen molar-refractivity contribution in [1.82, 2.24) is 15.3 Å². The Morgan fingerprint density at radius 3 is 2.61 bits per heavy atom. The van der Waals surface area contributed by atoms with Crippen molar-refractivity contribution in [3.05, 3.63) is 36.2 Å². The van der Waals surface area contributed by atoms with Crippen molar-refractivity contribution in [3.8, 4) is 17.4 Å². The Morgan fingerprint density at radius 1 is 1.25 bits per heavy atom. The number of likely N-dealkylation sites (N-methyl/N-ethyl adjacent to an activating group) is 1. The van der Waals surface area contributed by atoms with E-state index in [2.05, 4.69) is 15.3 Å². The number of anilines is 1. The third-order valence-corrected chi connectivity index (χ3v) is 3.97. The van der Waals surface area contributed by atoms with Gasteiger partial charge in [0.15, 0.2) is 0 Å². The minimum Gasteiger partial charge on any atom is -0.491 e. The van der Waals surface area contributed by atoms with E-state index in [9.17, 15) is 9.59 Å². The average Bonchev–Trinajstić information content (AvgIpc) is 2.63. The van der Waals surface area contributed by atoms with E-state index in [0.29, 0.717) is 18.0 Å². The van der Waals surface area contributed by atoms with Crippen LogP contribution in [0.1, 0.15) is 33.3 Å². The Bertz CT molecular complexity index is 852. The van der Waals surface area contributed by atoms with E-state index < -0.39 is 5.54 Å². The predicted molar refractivity (Wildman–Crippen MR) is 106 cm³/mol. The Balaban J connectivity index is 2.22. The lowest BCUT2D eigenvalue weighted by atomic mass is 10.0. The molecule has 0 unspecified atom stereocenters. The molecule has 0 spiro atoms. The minimum absolute atomic E-state index is 0.0441. The first-order valence-corrected chi connectivity index (χ1v) is 8.90. The molecular formula is C20H26N4O4. The Hall–Kier alpha value is -3.16. The summed E-state index contributed by atoms with van der Waals surface area (Å²) >= 11 is 0. The summed E-state index contributed by atoms with van der Waals surface area (Å²) in [4.78, 5) is 32.9. The average molecular weight is 386 g/mol. The topological polar surface area (TPSA) is 93.7 Å². The van der Waals surface area contributed by atoms with Gasteiger partial charge in [0.2, 0.25) is 12.3 Å². The molecule has 8 heteroatoms. The van der Waals surface area contributed by atoms with Gasteiger partial charge in [0.05, 0.1) is 6.10 Å².